The highest BCUT2D eigenvalue weighted by Crippen LogP contribution is 2.30. The second-order valence-corrected chi connectivity index (χ2v) is 7.50. The maximum Gasteiger partial charge on any atom is 0.162 e. The van der Waals surface area contributed by atoms with Crippen LogP contribution in [0.15, 0.2) is 76.7 Å². The minimum atomic E-state index is 0.649. The minimum absolute atomic E-state index is 0.649. The summed E-state index contributed by atoms with van der Waals surface area (Å²) in [5, 5.41) is 3.48. The van der Waals surface area contributed by atoms with Crippen molar-refractivity contribution in [3.05, 3.63) is 83.4 Å². The zero-order chi connectivity index (χ0) is 21.6. The summed E-state index contributed by atoms with van der Waals surface area (Å²) in [6, 6.07) is 22.0. The Hall–Kier alpha value is -3.60. The molecule has 0 bridgehead atoms. The molecule has 0 aliphatic carbocycles. The van der Waals surface area contributed by atoms with Crippen LogP contribution in [0.5, 0.6) is 11.5 Å². The van der Waals surface area contributed by atoms with Crippen molar-refractivity contribution in [2.24, 2.45) is 9.98 Å². The molecule has 1 aliphatic heterocycles. The number of nitrogens with one attached hydrogen (secondary N) is 1. The predicted octanol–water partition coefficient (Wildman–Crippen LogP) is 6.13. The molecule has 0 fully saturated rings. The summed E-state index contributed by atoms with van der Waals surface area (Å²) in [6.45, 7) is 4.96. The average molecular weight is 414 g/mol. The summed E-state index contributed by atoms with van der Waals surface area (Å²) in [5.74, 6) is 3.07. The highest BCUT2D eigenvalue weighted by Gasteiger charge is 2.16. The Bertz CT molecular complexity index is 1100. The number of amidine groups is 2. The second-order valence-electron chi connectivity index (χ2n) is 7.50. The lowest BCUT2D eigenvalue weighted by Crippen LogP contribution is -2.15. The second kappa shape index (κ2) is 9.47. The van der Waals surface area contributed by atoms with Crippen LogP contribution in [0, 0.1) is 6.92 Å². The maximum atomic E-state index is 5.80. The van der Waals surface area contributed by atoms with Crippen LogP contribution in [0.1, 0.15) is 36.5 Å². The first kappa shape index (κ1) is 20.7. The maximum absolute atomic E-state index is 5.80. The van der Waals surface area contributed by atoms with E-state index in [-0.39, 0.29) is 0 Å². The summed E-state index contributed by atoms with van der Waals surface area (Å²) < 4.78 is 11.1. The number of hydrogen-bond acceptors (Lipinski definition) is 5. The van der Waals surface area contributed by atoms with Crippen molar-refractivity contribution in [3.8, 4) is 11.5 Å². The molecule has 5 heteroatoms. The molecular formula is C26H27N3O2. The van der Waals surface area contributed by atoms with Gasteiger partial charge in [0, 0.05) is 11.1 Å². The van der Waals surface area contributed by atoms with Crippen LogP contribution in [-0.2, 0) is 0 Å². The van der Waals surface area contributed by atoms with Crippen LogP contribution < -0.4 is 14.8 Å². The van der Waals surface area contributed by atoms with Crippen molar-refractivity contribution in [3.63, 3.8) is 0 Å². The molecule has 0 saturated heterocycles. The van der Waals surface area contributed by atoms with Crippen LogP contribution >= 0.6 is 0 Å². The first-order valence-electron chi connectivity index (χ1n) is 10.6. The van der Waals surface area contributed by atoms with Gasteiger partial charge in [0.2, 0.25) is 0 Å². The number of aryl methyl sites for hydroxylation is 1. The number of aliphatic imine (C=N–C) groups is 2. The number of anilines is 1. The van der Waals surface area contributed by atoms with Crippen molar-refractivity contribution in [1.29, 1.82) is 0 Å². The fourth-order valence-electron chi connectivity index (χ4n) is 3.30. The molecule has 31 heavy (non-hydrogen) atoms. The fraction of sp³-hybridized carbons (Fsp3) is 0.231. The quantitative estimate of drug-likeness (QED) is 0.474. The largest absolute Gasteiger partial charge is 0.497 e. The Morgan fingerprint density at radius 2 is 1.55 bits per heavy atom. The van der Waals surface area contributed by atoms with Gasteiger partial charge in [-0.3, -0.25) is 0 Å². The van der Waals surface area contributed by atoms with E-state index in [4.69, 9.17) is 19.5 Å². The Kier molecular flexibility index (Phi) is 6.32. The molecule has 3 aromatic carbocycles. The van der Waals surface area contributed by atoms with E-state index in [1.54, 1.807) is 7.11 Å². The highest BCUT2D eigenvalue weighted by atomic mass is 16.5. The number of nitrogens with zero attached hydrogens (tertiary/aromatic N) is 2. The number of methoxy groups -OCH3 is 1. The number of ether oxygens (including phenoxy) is 2. The predicted molar refractivity (Wildman–Crippen MR) is 127 cm³/mol. The summed E-state index contributed by atoms with van der Waals surface area (Å²) in [7, 11) is 1.66. The van der Waals surface area contributed by atoms with E-state index >= 15 is 0 Å². The molecule has 1 N–H and O–H groups in total. The lowest BCUT2D eigenvalue weighted by Gasteiger charge is -2.11. The van der Waals surface area contributed by atoms with Crippen molar-refractivity contribution in [2.45, 2.75) is 26.7 Å². The third-order valence-corrected chi connectivity index (χ3v) is 5.09. The smallest absolute Gasteiger partial charge is 0.162 e. The summed E-state index contributed by atoms with van der Waals surface area (Å²) in [4.78, 5) is 9.75. The van der Waals surface area contributed by atoms with Crippen LogP contribution in [-0.4, -0.2) is 25.4 Å². The lowest BCUT2D eigenvalue weighted by atomic mass is 10.1. The van der Waals surface area contributed by atoms with Crippen LogP contribution in [0.3, 0.4) is 0 Å². The van der Waals surface area contributed by atoms with E-state index in [9.17, 15) is 0 Å². The number of hydrogen-bond donors (Lipinski definition) is 1. The first-order valence-corrected chi connectivity index (χ1v) is 10.6. The zero-order valence-electron chi connectivity index (χ0n) is 18.2. The molecule has 0 aromatic heterocycles. The molecule has 0 spiro atoms. The molecule has 0 unspecified atom stereocenters. The van der Waals surface area contributed by atoms with E-state index in [0.717, 1.165) is 64.8 Å². The zero-order valence-corrected chi connectivity index (χ0v) is 18.2. The standard InChI is InChI=1S/C26H27N3O2/c1-4-5-16-31-22-13-9-20(10-14-22)26-28-24-17-18(2)6-15-23(24)27-25(29-26)19-7-11-21(30-3)12-8-19/h6-15,17H,4-5,16H2,1-3H3,(H,27,28,29). The molecule has 4 rings (SSSR count). The summed E-state index contributed by atoms with van der Waals surface area (Å²) >= 11 is 0. The van der Waals surface area contributed by atoms with Gasteiger partial charge in [-0.05, 0) is 79.6 Å². The van der Waals surface area contributed by atoms with Gasteiger partial charge in [0.15, 0.2) is 5.84 Å². The van der Waals surface area contributed by atoms with Gasteiger partial charge in [-0.1, -0.05) is 19.4 Å². The number of rotatable bonds is 7. The molecule has 5 nitrogen and oxygen atoms in total. The topological polar surface area (TPSA) is 55.2 Å². The van der Waals surface area contributed by atoms with E-state index in [0.29, 0.717) is 5.84 Å². The van der Waals surface area contributed by atoms with Gasteiger partial charge >= 0.3 is 0 Å². The van der Waals surface area contributed by atoms with Crippen molar-refractivity contribution < 1.29 is 9.47 Å². The van der Waals surface area contributed by atoms with Crippen LogP contribution in [0.25, 0.3) is 0 Å². The SMILES string of the molecule is CCCCOc1ccc(C2=NC(c3ccc(OC)cc3)=Nc3ccc(C)cc3N2)cc1. The van der Waals surface area contributed by atoms with Crippen LogP contribution in [0.2, 0.25) is 0 Å². The lowest BCUT2D eigenvalue weighted by molar-refractivity contribution is 0.309. The molecule has 0 saturated carbocycles. The average Bonchev–Trinajstić information content (AvgIpc) is 2.99. The van der Waals surface area contributed by atoms with Gasteiger partial charge in [0.25, 0.3) is 0 Å². The van der Waals surface area contributed by atoms with Crippen molar-refractivity contribution >= 4 is 23.0 Å². The van der Waals surface area contributed by atoms with E-state index < -0.39 is 0 Å². The van der Waals surface area contributed by atoms with Crippen molar-refractivity contribution in [2.75, 3.05) is 19.0 Å². The third-order valence-electron chi connectivity index (χ3n) is 5.09. The molecule has 0 atom stereocenters. The Morgan fingerprint density at radius 3 is 2.26 bits per heavy atom. The van der Waals surface area contributed by atoms with Gasteiger partial charge in [-0.15, -0.1) is 0 Å². The normalized spacial score (nSPS) is 12.7. The van der Waals surface area contributed by atoms with Gasteiger partial charge in [-0.25, -0.2) is 9.98 Å². The molecule has 3 aromatic rings. The van der Waals surface area contributed by atoms with E-state index in [2.05, 4.69) is 31.3 Å². The highest BCUT2D eigenvalue weighted by molar-refractivity contribution is 6.19. The Morgan fingerprint density at radius 1 is 0.839 bits per heavy atom. The van der Waals surface area contributed by atoms with Gasteiger partial charge in [0.1, 0.15) is 17.3 Å². The van der Waals surface area contributed by atoms with Crippen molar-refractivity contribution in [1.82, 2.24) is 0 Å². The third kappa shape index (κ3) is 4.94. The molecule has 1 aliphatic rings. The molecule has 158 valence electrons. The van der Waals surface area contributed by atoms with E-state index in [1.807, 2.05) is 54.6 Å². The molecule has 1 heterocycles. The van der Waals surface area contributed by atoms with Gasteiger partial charge in [0.05, 0.1) is 25.1 Å². The Balaban J connectivity index is 1.70. The fourth-order valence-corrected chi connectivity index (χ4v) is 3.30. The summed E-state index contributed by atoms with van der Waals surface area (Å²) in [5.41, 5.74) is 4.85. The molecule has 0 amide bonds. The van der Waals surface area contributed by atoms with Gasteiger partial charge in [-0.2, -0.15) is 0 Å². The van der Waals surface area contributed by atoms with E-state index in [1.165, 1.54) is 0 Å². The number of fused-ring (bicyclic) bond motifs is 1. The number of unbranched alkanes of at least 4 members (excludes halogenated alkanes) is 1. The van der Waals surface area contributed by atoms with Gasteiger partial charge < -0.3 is 14.8 Å². The minimum Gasteiger partial charge on any atom is -0.497 e. The molecular weight excluding hydrogens is 386 g/mol. The van der Waals surface area contributed by atoms with Crippen LogP contribution in [0.4, 0.5) is 11.4 Å². The monoisotopic (exact) mass is 413 g/mol. The Labute approximate surface area is 183 Å². The number of benzene rings is 3. The molecule has 0 radical (unpaired) electrons. The summed E-state index contributed by atoms with van der Waals surface area (Å²) in [6.07, 6.45) is 2.17. The first-order chi connectivity index (χ1) is 15.2.